The summed E-state index contributed by atoms with van der Waals surface area (Å²) in [6, 6.07) is 6.44. The number of hydrogen-bond donors (Lipinski definition) is 1. The van der Waals surface area contributed by atoms with Crippen LogP contribution >= 0.6 is 0 Å². The summed E-state index contributed by atoms with van der Waals surface area (Å²) in [6.07, 6.45) is 1.32. The number of nitrogens with zero attached hydrogens (tertiary/aromatic N) is 1. The summed E-state index contributed by atoms with van der Waals surface area (Å²) in [4.78, 5) is 24.0. The lowest BCUT2D eigenvalue weighted by molar-refractivity contribution is -0.120. The first-order chi connectivity index (χ1) is 11.9. The van der Waals surface area contributed by atoms with E-state index in [1.165, 1.54) is 4.31 Å². The van der Waals surface area contributed by atoms with Gasteiger partial charge in [-0.3, -0.25) is 4.79 Å². The maximum atomic E-state index is 12.4. The van der Waals surface area contributed by atoms with Crippen molar-refractivity contribution < 1.29 is 22.7 Å². The van der Waals surface area contributed by atoms with Gasteiger partial charge in [-0.25, -0.2) is 17.5 Å². The number of carbonyl (C=O) groups excluding carboxylic acids is 2. The largest absolute Gasteiger partial charge is 0.462 e. The number of amides is 1. The van der Waals surface area contributed by atoms with Gasteiger partial charge >= 0.3 is 5.97 Å². The van der Waals surface area contributed by atoms with Crippen molar-refractivity contribution >= 4 is 27.6 Å². The van der Waals surface area contributed by atoms with Crippen molar-refractivity contribution in [3.63, 3.8) is 0 Å². The molecule has 8 heteroatoms. The van der Waals surface area contributed by atoms with E-state index in [1.54, 1.807) is 38.1 Å². The van der Waals surface area contributed by atoms with E-state index in [9.17, 15) is 18.0 Å². The Morgan fingerprint density at radius 3 is 2.52 bits per heavy atom. The minimum absolute atomic E-state index is 0.0384. The highest BCUT2D eigenvalue weighted by Gasteiger charge is 2.31. The first-order valence-corrected chi connectivity index (χ1v) is 10.0. The zero-order chi connectivity index (χ0) is 18.4. The molecule has 1 aromatic carbocycles. The molecule has 25 heavy (non-hydrogen) atoms. The van der Waals surface area contributed by atoms with E-state index in [4.69, 9.17) is 4.74 Å². The van der Waals surface area contributed by atoms with E-state index < -0.39 is 16.0 Å². The van der Waals surface area contributed by atoms with Crippen LogP contribution in [0.25, 0.3) is 0 Å². The first kappa shape index (κ1) is 19.4. The first-order valence-electron chi connectivity index (χ1n) is 8.43. The van der Waals surface area contributed by atoms with Crippen molar-refractivity contribution in [2.45, 2.75) is 26.7 Å². The third-order valence-electron chi connectivity index (χ3n) is 4.18. The number of anilines is 1. The molecule has 0 aromatic heterocycles. The molecule has 0 unspecified atom stereocenters. The number of rotatable bonds is 6. The molecule has 0 bridgehead atoms. The molecule has 0 aliphatic carbocycles. The Hall–Kier alpha value is -1.93. The number of carbonyl (C=O) groups is 2. The van der Waals surface area contributed by atoms with Crippen LogP contribution in [-0.2, 0) is 19.6 Å². The minimum Gasteiger partial charge on any atom is -0.462 e. The molecule has 1 fully saturated rings. The molecule has 1 aliphatic rings. The van der Waals surface area contributed by atoms with Crippen molar-refractivity contribution in [2.24, 2.45) is 5.92 Å². The number of ether oxygens (including phenoxy) is 1. The van der Waals surface area contributed by atoms with Gasteiger partial charge in [0.05, 0.1) is 23.8 Å². The summed E-state index contributed by atoms with van der Waals surface area (Å²) in [5.41, 5.74) is 0.978. The van der Waals surface area contributed by atoms with E-state index in [2.05, 4.69) is 5.32 Å². The lowest BCUT2D eigenvalue weighted by Crippen LogP contribution is -2.44. The Balaban J connectivity index is 1.98. The molecule has 1 amide bonds. The summed E-state index contributed by atoms with van der Waals surface area (Å²) in [5.74, 6) is -0.954. The van der Waals surface area contributed by atoms with Gasteiger partial charge in [0.15, 0.2) is 0 Å². The van der Waals surface area contributed by atoms with E-state index in [1.807, 2.05) is 0 Å². The molecule has 1 saturated heterocycles. The Morgan fingerprint density at radius 1 is 1.24 bits per heavy atom. The highest BCUT2D eigenvalue weighted by atomic mass is 32.2. The zero-order valence-electron chi connectivity index (χ0n) is 14.5. The molecule has 2 rings (SSSR count). The summed E-state index contributed by atoms with van der Waals surface area (Å²) in [5, 5.41) is 2.79. The fraction of sp³-hybridized carbons (Fsp3) is 0.529. The molecule has 7 nitrogen and oxygen atoms in total. The maximum Gasteiger partial charge on any atom is 0.338 e. The third kappa shape index (κ3) is 5.02. The molecule has 0 spiro atoms. The van der Waals surface area contributed by atoms with Crippen LogP contribution in [0.15, 0.2) is 24.3 Å². The molecule has 1 aromatic rings. The summed E-state index contributed by atoms with van der Waals surface area (Å²) >= 11 is 0. The monoisotopic (exact) mass is 368 g/mol. The molecule has 1 heterocycles. The van der Waals surface area contributed by atoms with Crippen LogP contribution < -0.4 is 5.32 Å². The quantitative estimate of drug-likeness (QED) is 0.774. The normalized spacial score (nSPS) is 18.6. The third-order valence-corrected chi connectivity index (χ3v) is 6.02. The zero-order valence-corrected chi connectivity index (χ0v) is 15.3. The van der Waals surface area contributed by atoms with Crippen LogP contribution in [0.3, 0.4) is 0 Å². The number of piperidine rings is 1. The molecule has 0 radical (unpaired) electrons. The fourth-order valence-corrected chi connectivity index (χ4v) is 3.92. The van der Waals surface area contributed by atoms with Crippen molar-refractivity contribution in [1.29, 1.82) is 0 Å². The smallest absolute Gasteiger partial charge is 0.338 e. The van der Waals surface area contributed by atoms with Crippen LogP contribution in [0.4, 0.5) is 5.69 Å². The minimum atomic E-state index is -3.28. The molecule has 1 aliphatic heterocycles. The molecule has 138 valence electrons. The predicted molar refractivity (Wildman–Crippen MR) is 94.8 cm³/mol. The fourth-order valence-electron chi connectivity index (χ4n) is 2.74. The van der Waals surface area contributed by atoms with Crippen molar-refractivity contribution in [3.8, 4) is 0 Å². The number of benzene rings is 1. The van der Waals surface area contributed by atoms with Gasteiger partial charge < -0.3 is 10.1 Å². The Bertz CT molecular complexity index is 715. The molecular weight excluding hydrogens is 344 g/mol. The van der Waals surface area contributed by atoms with Crippen molar-refractivity contribution in [3.05, 3.63) is 29.8 Å². The van der Waals surface area contributed by atoms with Gasteiger partial charge in [0.1, 0.15) is 0 Å². The Kier molecular flexibility index (Phi) is 6.55. The van der Waals surface area contributed by atoms with Gasteiger partial charge in [0.2, 0.25) is 15.9 Å². The van der Waals surface area contributed by atoms with Crippen LogP contribution in [0.2, 0.25) is 0 Å². The maximum absolute atomic E-state index is 12.4. The van der Waals surface area contributed by atoms with Crippen LogP contribution in [0.1, 0.15) is 37.0 Å². The van der Waals surface area contributed by atoms with Gasteiger partial charge in [-0.1, -0.05) is 0 Å². The summed E-state index contributed by atoms with van der Waals surface area (Å²) in [7, 11) is -3.28. The summed E-state index contributed by atoms with van der Waals surface area (Å²) in [6.45, 7) is 4.32. The average molecular weight is 368 g/mol. The number of sulfonamides is 1. The topological polar surface area (TPSA) is 92.8 Å². The highest BCUT2D eigenvalue weighted by molar-refractivity contribution is 7.89. The van der Waals surface area contributed by atoms with Gasteiger partial charge in [-0.15, -0.1) is 0 Å². The predicted octanol–water partition coefficient (Wildman–Crippen LogP) is 1.86. The lowest BCUT2D eigenvalue weighted by atomic mass is 9.98. The second-order valence-corrected chi connectivity index (χ2v) is 8.14. The molecule has 0 saturated carbocycles. The second kappa shape index (κ2) is 8.44. The Labute approximate surface area is 148 Å². The highest BCUT2D eigenvalue weighted by Crippen LogP contribution is 2.21. The second-order valence-electron chi connectivity index (χ2n) is 5.88. The van der Waals surface area contributed by atoms with Crippen LogP contribution in [0, 0.1) is 5.92 Å². The van der Waals surface area contributed by atoms with E-state index in [0.29, 0.717) is 37.2 Å². The number of esters is 1. The molecular formula is C17H24N2O5S. The van der Waals surface area contributed by atoms with Gasteiger partial charge in [0, 0.05) is 18.8 Å². The SMILES string of the molecule is CCOC(=O)c1ccc(NC(=O)[C@@H]2CCCN(S(=O)(=O)CC)C2)cc1. The van der Waals surface area contributed by atoms with E-state index in [0.717, 1.165) is 0 Å². The van der Waals surface area contributed by atoms with Crippen LogP contribution in [0.5, 0.6) is 0 Å². The standard InChI is InChI=1S/C17H24N2O5S/c1-3-24-17(21)13-7-9-15(10-8-13)18-16(20)14-6-5-11-19(12-14)25(22,23)4-2/h7-10,14H,3-6,11-12H2,1-2H3,(H,18,20)/t14-/m1/s1. The average Bonchev–Trinajstić information content (AvgIpc) is 2.62. The number of hydrogen-bond acceptors (Lipinski definition) is 5. The Morgan fingerprint density at radius 2 is 1.92 bits per heavy atom. The lowest BCUT2D eigenvalue weighted by Gasteiger charge is -2.30. The summed E-state index contributed by atoms with van der Waals surface area (Å²) < 4.78 is 30.3. The van der Waals surface area contributed by atoms with Gasteiger partial charge in [-0.2, -0.15) is 0 Å². The van der Waals surface area contributed by atoms with E-state index >= 15 is 0 Å². The van der Waals surface area contributed by atoms with Crippen molar-refractivity contribution in [2.75, 3.05) is 30.8 Å². The molecule has 1 N–H and O–H groups in total. The van der Waals surface area contributed by atoms with Crippen molar-refractivity contribution in [1.82, 2.24) is 4.31 Å². The van der Waals surface area contributed by atoms with Gasteiger partial charge in [-0.05, 0) is 51.0 Å². The molecule has 1 atom stereocenters. The number of nitrogens with one attached hydrogen (secondary N) is 1. The van der Waals surface area contributed by atoms with Gasteiger partial charge in [0.25, 0.3) is 0 Å². The van der Waals surface area contributed by atoms with E-state index in [-0.39, 0.29) is 24.1 Å². The van der Waals surface area contributed by atoms with Crippen LogP contribution in [-0.4, -0.2) is 50.0 Å².